The molecule has 15 heavy (non-hydrogen) atoms. The largest absolute Gasteiger partial charge is 0.463 e. The zero-order chi connectivity index (χ0) is 11.4. The summed E-state index contributed by atoms with van der Waals surface area (Å²) >= 11 is 0. The lowest BCUT2D eigenvalue weighted by Crippen LogP contribution is -2.34. The Morgan fingerprint density at radius 3 is 2.47 bits per heavy atom. The Morgan fingerprint density at radius 1 is 1.33 bits per heavy atom. The normalized spacial score (nSPS) is 35.5. The van der Waals surface area contributed by atoms with Crippen molar-refractivity contribution in [3.63, 3.8) is 0 Å². The second kappa shape index (κ2) is 5.41. The molecule has 4 atom stereocenters. The van der Waals surface area contributed by atoms with Crippen LogP contribution in [0, 0.1) is 0 Å². The van der Waals surface area contributed by atoms with E-state index in [1.54, 1.807) is 0 Å². The molecule has 0 amide bonds. The van der Waals surface area contributed by atoms with Gasteiger partial charge in [-0.25, -0.2) is 0 Å². The summed E-state index contributed by atoms with van der Waals surface area (Å²) in [5.41, 5.74) is 0. The van der Waals surface area contributed by atoms with Crippen LogP contribution in [0.5, 0.6) is 0 Å². The Hall–Kier alpha value is -0.690. The molecule has 0 radical (unpaired) electrons. The first kappa shape index (κ1) is 12.4. The number of carbonyl (C=O) groups excluding carboxylic acids is 1. The van der Waals surface area contributed by atoms with Crippen molar-refractivity contribution in [2.45, 2.75) is 44.4 Å². The molecule has 1 aliphatic rings. The van der Waals surface area contributed by atoms with Crippen LogP contribution in [0.25, 0.3) is 0 Å². The SMILES string of the molecule is CCCC(=O)OC[C@H]1OC(O)[C@H](O)[C@@H]1O. The van der Waals surface area contributed by atoms with E-state index in [0.29, 0.717) is 12.8 Å². The molecule has 1 heterocycles. The van der Waals surface area contributed by atoms with Gasteiger partial charge in [0.05, 0.1) is 0 Å². The van der Waals surface area contributed by atoms with Gasteiger partial charge >= 0.3 is 5.97 Å². The molecular weight excluding hydrogens is 204 g/mol. The minimum Gasteiger partial charge on any atom is -0.463 e. The van der Waals surface area contributed by atoms with Crippen molar-refractivity contribution in [3.8, 4) is 0 Å². The van der Waals surface area contributed by atoms with Crippen LogP contribution < -0.4 is 0 Å². The standard InChI is InChI=1S/C9H16O6/c1-2-3-6(10)14-4-5-7(11)8(12)9(13)15-5/h5,7-9,11-13H,2-4H2,1H3/t5-,7-,8-,9?/m1/s1. The summed E-state index contributed by atoms with van der Waals surface area (Å²) in [5.74, 6) is -0.385. The third kappa shape index (κ3) is 3.13. The van der Waals surface area contributed by atoms with Crippen LogP contribution in [0.3, 0.4) is 0 Å². The smallest absolute Gasteiger partial charge is 0.305 e. The van der Waals surface area contributed by atoms with E-state index in [0.717, 1.165) is 0 Å². The second-order valence-corrected chi connectivity index (χ2v) is 3.48. The summed E-state index contributed by atoms with van der Waals surface area (Å²) in [6, 6.07) is 0. The van der Waals surface area contributed by atoms with Crippen LogP contribution in [0.15, 0.2) is 0 Å². The van der Waals surface area contributed by atoms with Crippen molar-refractivity contribution >= 4 is 5.97 Å². The lowest BCUT2D eigenvalue weighted by molar-refractivity contribution is -0.157. The highest BCUT2D eigenvalue weighted by Gasteiger charge is 2.42. The molecular formula is C9H16O6. The van der Waals surface area contributed by atoms with Crippen molar-refractivity contribution in [2.75, 3.05) is 6.61 Å². The third-order valence-corrected chi connectivity index (χ3v) is 2.20. The Labute approximate surface area is 87.4 Å². The van der Waals surface area contributed by atoms with Gasteiger partial charge in [-0.2, -0.15) is 0 Å². The number of aliphatic hydroxyl groups excluding tert-OH is 3. The Balaban J connectivity index is 2.31. The van der Waals surface area contributed by atoms with Gasteiger partial charge in [0.15, 0.2) is 6.29 Å². The van der Waals surface area contributed by atoms with Crippen molar-refractivity contribution in [3.05, 3.63) is 0 Å². The number of hydrogen-bond donors (Lipinski definition) is 3. The van der Waals surface area contributed by atoms with E-state index in [9.17, 15) is 9.90 Å². The summed E-state index contributed by atoms with van der Waals surface area (Å²) in [6.07, 6.45) is -3.88. The maximum absolute atomic E-state index is 11.0. The van der Waals surface area contributed by atoms with Gasteiger partial charge in [0, 0.05) is 6.42 Å². The summed E-state index contributed by atoms with van der Waals surface area (Å²) < 4.78 is 9.58. The maximum atomic E-state index is 11.0. The van der Waals surface area contributed by atoms with Crippen LogP contribution in [0.4, 0.5) is 0 Å². The number of aliphatic hydroxyl groups is 3. The molecule has 1 rings (SSSR count). The molecule has 1 aliphatic heterocycles. The molecule has 1 saturated heterocycles. The Morgan fingerprint density at radius 2 is 2.00 bits per heavy atom. The first-order chi connectivity index (χ1) is 7.06. The Bertz CT molecular complexity index is 219. The number of esters is 1. The first-order valence-electron chi connectivity index (χ1n) is 4.91. The maximum Gasteiger partial charge on any atom is 0.305 e. The number of carbonyl (C=O) groups is 1. The fraction of sp³-hybridized carbons (Fsp3) is 0.889. The fourth-order valence-electron chi connectivity index (χ4n) is 1.32. The van der Waals surface area contributed by atoms with Crippen LogP contribution in [0.2, 0.25) is 0 Å². The summed E-state index contributed by atoms with van der Waals surface area (Å²) in [7, 11) is 0. The molecule has 6 nitrogen and oxygen atoms in total. The van der Waals surface area contributed by atoms with Crippen LogP contribution in [0.1, 0.15) is 19.8 Å². The second-order valence-electron chi connectivity index (χ2n) is 3.48. The lowest BCUT2D eigenvalue weighted by Gasteiger charge is -2.13. The highest BCUT2D eigenvalue weighted by atomic mass is 16.7. The highest BCUT2D eigenvalue weighted by Crippen LogP contribution is 2.19. The van der Waals surface area contributed by atoms with E-state index in [1.807, 2.05) is 6.92 Å². The quantitative estimate of drug-likeness (QED) is 0.513. The van der Waals surface area contributed by atoms with Crippen molar-refractivity contribution in [1.82, 2.24) is 0 Å². The predicted octanol–water partition coefficient (Wildman–Crippen LogP) is -1.23. The van der Waals surface area contributed by atoms with E-state index >= 15 is 0 Å². The van der Waals surface area contributed by atoms with Gasteiger partial charge in [-0.05, 0) is 6.42 Å². The highest BCUT2D eigenvalue weighted by molar-refractivity contribution is 5.69. The average molecular weight is 220 g/mol. The van der Waals surface area contributed by atoms with Gasteiger partial charge in [0.25, 0.3) is 0 Å². The van der Waals surface area contributed by atoms with Gasteiger partial charge in [-0.3, -0.25) is 4.79 Å². The van der Waals surface area contributed by atoms with Gasteiger partial charge in [-0.15, -0.1) is 0 Å². The molecule has 0 saturated carbocycles. The number of rotatable bonds is 4. The molecule has 1 unspecified atom stereocenters. The van der Waals surface area contributed by atoms with Crippen molar-refractivity contribution in [2.24, 2.45) is 0 Å². The summed E-state index contributed by atoms with van der Waals surface area (Å²) in [6.45, 7) is 1.68. The zero-order valence-electron chi connectivity index (χ0n) is 8.50. The molecule has 0 aliphatic carbocycles. The molecule has 0 aromatic carbocycles. The average Bonchev–Trinajstić information content (AvgIpc) is 2.43. The minimum atomic E-state index is -1.42. The molecule has 88 valence electrons. The molecule has 0 aromatic rings. The first-order valence-corrected chi connectivity index (χ1v) is 4.91. The predicted molar refractivity (Wildman–Crippen MR) is 48.8 cm³/mol. The van der Waals surface area contributed by atoms with Crippen molar-refractivity contribution in [1.29, 1.82) is 0 Å². The van der Waals surface area contributed by atoms with E-state index in [1.165, 1.54) is 0 Å². The van der Waals surface area contributed by atoms with E-state index < -0.39 is 24.6 Å². The lowest BCUT2D eigenvalue weighted by atomic mass is 10.1. The molecule has 1 fully saturated rings. The monoisotopic (exact) mass is 220 g/mol. The summed E-state index contributed by atoms with van der Waals surface area (Å²) in [5, 5.41) is 27.5. The fourth-order valence-corrected chi connectivity index (χ4v) is 1.32. The van der Waals surface area contributed by atoms with E-state index in [4.69, 9.17) is 19.7 Å². The zero-order valence-corrected chi connectivity index (χ0v) is 8.50. The molecule has 0 aromatic heterocycles. The van der Waals surface area contributed by atoms with E-state index in [2.05, 4.69) is 0 Å². The van der Waals surface area contributed by atoms with Crippen LogP contribution >= 0.6 is 0 Å². The molecule has 0 bridgehead atoms. The topological polar surface area (TPSA) is 96.2 Å². The minimum absolute atomic E-state index is 0.159. The number of ether oxygens (including phenoxy) is 2. The molecule has 0 spiro atoms. The molecule has 3 N–H and O–H groups in total. The van der Waals surface area contributed by atoms with E-state index in [-0.39, 0.29) is 12.6 Å². The van der Waals surface area contributed by atoms with Gasteiger partial charge in [0.2, 0.25) is 0 Å². The van der Waals surface area contributed by atoms with Gasteiger partial charge in [-0.1, -0.05) is 6.92 Å². The molecule has 6 heteroatoms. The van der Waals surface area contributed by atoms with Gasteiger partial charge < -0.3 is 24.8 Å². The summed E-state index contributed by atoms with van der Waals surface area (Å²) in [4.78, 5) is 11.0. The number of hydrogen-bond acceptors (Lipinski definition) is 6. The third-order valence-electron chi connectivity index (χ3n) is 2.20. The van der Waals surface area contributed by atoms with Crippen LogP contribution in [-0.2, 0) is 14.3 Å². The van der Waals surface area contributed by atoms with Crippen molar-refractivity contribution < 1.29 is 29.6 Å². The van der Waals surface area contributed by atoms with Gasteiger partial charge in [0.1, 0.15) is 24.9 Å². The van der Waals surface area contributed by atoms with Crippen LogP contribution in [-0.4, -0.2) is 52.5 Å². The Kier molecular flexibility index (Phi) is 4.46.